The van der Waals surface area contributed by atoms with E-state index in [-0.39, 0.29) is 6.10 Å². The number of rotatable bonds is 3. The van der Waals surface area contributed by atoms with Crippen molar-refractivity contribution in [2.24, 2.45) is 0 Å². The Morgan fingerprint density at radius 2 is 2.07 bits per heavy atom. The molecule has 2 saturated heterocycles. The second-order valence-electron chi connectivity index (χ2n) is 7.36. The van der Waals surface area contributed by atoms with Gasteiger partial charge in [0.15, 0.2) is 0 Å². The van der Waals surface area contributed by atoms with Gasteiger partial charge in [0.1, 0.15) is 6.33 Å². The number of hydrogen-bond donors (Lipinski definition) is 1. The summed E-state index contributed by atoms with van der Waals surface area (Å²) >= 11 is 6.00. The maximum Gasteiger partial charge on any atom is 0.200 e. The topological polar surface area (TPSA) is 67.6 Å². The normalized spacial score (nSPS) is 25.6. The Kier molecular flexibility index (Phi) is 4.22. The number of fused-ring (bicyclic) bond motifs is 2. The van der Waals surface area contributed by atoms with Gasteiger partial charge < -0.3 is 10.1 Å². The molecule has 3 atom stereocenters. The largest absolute Gasteiger partial charge is 0.378 e. The molecule has 3 aromatic rings. The Balaban J connectivity index is 1.29. The average molecular weight is 385 g/mol. The molecule has 2 aliphatic heterocycles. The van der Waals surface area contributed by atoms with Gasteiger partial charge in [-0.15, -0.1) is 10.2 Å². The zero-order valence-corrected chi connectivity index (χ0v) is 15.8. The monoisotopic (exact) mass is 384 g/mol. The van der Waals surface area contributed by atoms with Gasteiger partial charge in [-0.05, 0) is 37.1 Å². The van der Waals surface area contributed by atoms with Crippen molar-refractivity contribution in [3.63, 3.8) is 0 Å². The van der Waals surface area contributed by atoms with E-state index in [1.807, 2.05) is 25.1 Å². The lowest BCUT2D eigenvalue weighted by Crippen LogP contribution is -2.42. The molecule has 0 bridgehead atoms. The first-order valence-corrected chi connectivity index (χ1v) is 9.59. The second-order valence-corrected chi connectivity index (χ2v) is 7.79. The van der Waals surface area contributed by atoms with Gasteiger partial charge in [0.25, 0.3) is 0 Å². The van der Waals surface area contributed by atoms with Crippen molar-refractivity contribution in [2.75, 3.05) is 25.0 Å². The number of nitrogens with one attached hydrogen (secondary N) is 1. The standard InChI is InChI=1S/C19H21ClN6O/c1-12-6-17(19-23-21-11-26(19)24-12)22-15-7-16-10-27-18(9-25(16)8-15)13-2-4-14(20)5-3-13/h2-6,11,15-16,18,22H,7-10H2,1H3/t15-,16+,18-/m1/s1. The van der Waals surface area contributed by atoms with Gasteiger partial charge in [0, 0.05) is 30.2 Å². The number of ether oxygens (including phenoxy) is 1. The molecule has 1 aromatic carbocycles. The first-order chi connectivity index (χ1) is 13.2. The molecule has 7 nitrogen and oxygen atoms in total. The minimum atomic E-state index is 0.101. The van der Waals surface area contributed by atoms with E-state index in [4.69, 9.17) is 16.3 Å². The van der Waals surface area contributed by atoms with Crippen LogP contribution >= 0.6 is 11.6 Å². The van der Waals surface area contributed by atoms with Crippen molar-refractivity contribution in [1.29, 1.82) is 0 Å². The Hall–Kier alpha value is -2.22. The number of aryl methyl sites for hydroxylation is 1. The number of halogens is 1. The van der Waals surface area contributed by atoms with E-state index in [1.54, 1.807) is 10.8 Å². The molecule has 2 aliphatic rings. The smallest absolute Gasteiger partial charge is 0.200 e. The molecule has 8 heteroatoms. The SMILES string of the molecule is Cc1cc(N[C@@H]2C[C@H]3CO[C@@H](c4ccc(Cl)cc4)CN3C2)c2nncn2n1. The molecule has 5 rings (SSSR count). The minimum absolute atomic E-state index is 0.101. The predicted molar refractivity (Wildman–Crippen MR) is 103 cm³/mol. The molecule has 27 heavy (non-hydrogen) atoms. The summed E-state index contributed by atoms with van der Waals surface area (Å²) in [4.78, 5) is 2.52. The molecule has 0 amide bonds. The Morgan fingerprint density at radius 1 is 1.22 bits per heavy atom. The Morgan fingerprint density at radius 3 is 2.93 bits per heavy atom. The van der Waals surface area contributed by atoms with Crippen molar-refractivity contribution in [3.8, 4) is 0 Å². The van der Waals surface area contributed by atoms with E-state index in [0.717, 1.165) is 48.2 Å². The molecule has 0 unspecified atom stereocenters. The zero-order chi connectivity index (χ0) is 18.4. The molecule has 2 fully saturated rings. The van der Waals surface area contributed by atoms with Crippen molar-refractivity contribution in [2.45, 2.75) is 31.5 Å². The van der Waals surface area contributed by atoms with Gasteiger partial charge in [0.2, 0.25) is 5.65 Å². The van der Waals surface area contributed by atoms with Crippen molar-refractivity contribution < 1.29 is 4.74 Å². The summed E-state index contributed by atoms with van der Waals surface area (Å²) in [6, 6.07) is 10.8. The highest BCUT2D eigenvalue weighted by Gasteiger charge is 2.38. The highest BCUT2D eigenvalue weighted by molar-refractivity contribution is 6.30. The number of benzene rings is 1. The number of aromatic nitrogens is 4. The fourth-order valence-corrected chi connectivity index (χ4v) is 4.26. The zero-order valence-electron chi connectivity index (χ0n) is 15.0. The lowest BCUT2D eigenvalue weighted by molar-refractivity contribution is -0.0501. The van der Waals surface area contributed by atoms with Crippen molar-refractivity contribution in [1.82, 2.24) is 24.7 Å². The van der Waals surface area contributed by atoms with Crippen LogP contribution in [0.25, 0.3) is 5.65 Å². The summed E-state index contributed by atoms with van der Waals surface area (Å²) in [5.41, 5.74) is 3.87. The molecule has 140 valence electrons. The molecular formula is C19H21ClN6O. The Bertz CT molecular complexity index is 958. The first kappa shape index (κ1) is 16.9. The van der Waals surface area contributed by atoms with Crippen LogP contribution in [0.5, 0.6) is 0 Å². The predicted octanol–water partition coefficient (Wildman–Crippen LogP) is 2.71. The summed E-state index contributed by atoms with van der Waals surface area (Å²) in [7, 11) is 0. The van der Waals surface area contributed by atoms with Gasteiger partial charge >= 0.3 is 0 Å². The summed E-state index contributed by atoms with van der Waals surface area (Å²) in [5.74, 6) is 0. The van der Waals surface area contributed by atoms with Crippen LogP contribution in [-0.2, 0) is 4.74 Å². The van der Waals surface area contributed by atoms with Crippen LogP contribution in [0, 0.1) is 6.92 Å². The van der Waals surface area contributed by atoms with Crippen LogP contribution in [0.1, 0.15) is 23.8 Å². The fourth-order valence-electron chi connectivity index (χ4n) is 4.14. The number of anilines is 1. The van der Waals surface area contributed by atoms with Crippen LogP contribution in [-0.4, -0.2) is 56.5 Å². The van der Waals surface area contributed by atoms with Gasteiger partial charge in [0.05, 0.1) is 24.1 Å². The molecular weight excluding hydrogens is 364 g/mol. The number of nitrogens with zero attached hydrogens (tertiary/aromatic N) is 5. The lowest BCUT2D eigenvalue weighted by atomic mass is 10.1. The van der Waals surface area contributed by atoms with Crippen molar-refractivity contribution >= 4 is 22.9 Å². The molecule has 0 saturated carbocycles. The number of hydrogen-bond acceptors (Lipinski definition) is 6. The molecule has 1 N–H and O–H groups in total. The van der Waals surface area contributed by atoms with Crippen molar-refractivity contribution in [3.05, 3.63) is 52.9 Å². The summed E-state index contributed by atoms with van der Waals surface area (Å²) < 4.78 is 7.87. The van der Waals surface area contributed by atoms with Gasteiger partial charge in [-0.1, -0.05) is 23.7 Å². The molecule has 0 radical (unpaired) electrons. The molecule has 4 heterocycles. The van der Waals surface area contributed by atoms with Gasteiger partial charge in [-0.2, -0.15) is 9.61 Å². The third-order valence-electron chi connectivity index (χ3n) is 5.41. The van der Waals surface area contributed by atoms with Crippen LogP contribution in [0.4, 0.5) is 5.69 Å². The van der Waals surface area contributed by atoms with Gasteiger partial charge in [-0.25, -0.2) is 0 Å². The maximum absolute atomic E-state index is 6.14. The van der Waals surface area contributed by atoms with Crippen LogP contribution in [0.2, 0.25) is 5.02 Å². The molecule has 0 aliphatic carbocycles. The van der Waals surface area contributed by atoms with Crippen LogP contribution in [0.3, 0.4) is 0 Å². The second kappa shape index (κ2) is 6.74. The third-order valence-corrected chi connectivity index (χ3v) is 5.66. The first-order valence-electron chi connectivity index (χ1n) is 9.21. The van der Waals surface area contributed by atoms with Crippen LogP contribution < -0.4 is 5.32 Å². The maximum atomic E-state index is 6.14. The Labute approximate surface area is 162 Å². The van der Waals surface area contributed by atoms with E-state index in [2.05, 4.69) is 37.6 Å². The summed E-state index contributed by atoms with van der Waals surface area (Å²) in [6.45, 7) is 4.62. The fraction of sp³-hybridized carbons (Fsp3) is 0.421. The molecule has 0 spiro atoms. The van der Waals surface area contributed by atoms with Gasteiger partial charge in [-0.3, -0.25) is 4.90 Å². The highest BCUT2D eigenvalue weighted by atomic mass is 35.5. The quantitative estimate of drug-likeness (QED) is 0.748. The molecule has 2 aromatic heterocycles. The van der Waals surface area contributed by atoms with Crippen LogP contribution in [0.15, 0.2) is 36.7 Å². The van der Waals surface area contributed by atoms with E-state index in [0.29, 0.717) is 12.1 Å². The summed E-state index contributed by atoms with van der Waals surface area (Å²) in [6.07, 6.45) is 2.79. The van der Waals surface area contributed by atoms with E-state index in [1.165, 1.54) is 5.56 Å². The highest BCUT2D eigenvalue weighted by Crippen LogP contribution is 2.32. The average Bonchev–Trinajstić information content (AvgIpc) is 3.27. The van der Waals surface area contributed by atoms with E-state index < -0.39 is 0 Å². The van der Waals surface area contributed by atoms with E-state index in [9.17, 15) is 0 Å². The lowest BCUT2D eigenvalue weighted by Gasteiger charge is -2.35. The minimum Gasteiger partial charge on any atom is -0.378 e. The van der Waals surface area contributed by atoms with E-state index >= 15 is 0 Å². The summed E-state index contributed by atoms with van der Waals surface area (Å²) in [5, 5.41) is 17.0. The number of morpholine rings is 1. The third kappa shape index (κ3) is 3.26.